The molecule has 0 aromatic rings. The molecule has 0 saturated carbocycles. The van der Waals surface area contributed by atoms with Crippen molar-refractivity contribution in [2.75, 3.05) is 59.0 Å². The number of aliphatic hydroxyl groups is 3. The first-order chi connectivity index (χ1) is 24.1. The summed E-state index contributed by atoms with van der Waals surface area (Å²) in [5, 5.41) is 38.1. The van der Waals surface area contributed by atoms with Crippen LogP contribution in [0.3, 0.4) is 0 Å². The van der Waals surface area contributed by atoms with E-state index in [1.54, 1.807) is 16.7 Å². The van der Waals surface area contributed by atoms with Crippen LogP contribution in [0, 0.1) is 0 Å². The van der Waals surface area contributed by atoms with Crippen LogP contribution in [0.25, 0.3) is 0 Å². The lowest BCUT2D eigenvalue weighted by molar-refractivity contribution is -0.167. The Labute approximate surface area is 298 Å². The molecule has 51 heavy (non-hydrogen) atoms. The van der Waals surface area contributed by atoms with Crippen LogP contribution in [0.15, 0.2) is 0 Å². The summed E-state index contributed by atoms with van der Waals surface area (Å²) >= 11 is 0. The van der Waals surface area contributed by atoms with Gasteiger partial charge in [0.25, 0.3) is 0 Å². The van der Waals surface area contributed by atoms with Gasteiger partial charge in [0.05, 0.1) is 18.8 Å². The van der Waals surface area contributed by atoms with E-state index in [1.807, 2.05) is 0 Å². The molecule has 0 bridgehead atoms. The summed E-state index contributed by atoms with van der Waals surface area (Å²) in [4.78, 5) is 77.4. The van der Waals surface area contributed by atoms with E-state index in [4.69, 9.17) is 10.8 Å². The van der Waals surface area contributed by atoms with E-state index >= 15 is 0 Å². The van der Waals surface area contributed by atoms with E-state index in [0.717, 1.165) is 84.1 Å². The fraction of sp³-hybridized carbons (Fsp3) is 0.824. The molecule has 0 aliphatic carbocycles. The lowest BCUT2D eigenvalue weighted by Gasteiger charge is -2.50. The Kier molecular flexibility index (Phi) is 11.8. The molecule has 8 N–H and O–H groups in total. The van der Waals surface area contributed by atoms with Gasteiger partial charge in [-0.15, -0.1) is 0 Å². The number of likely N-dealkylation sites (tertiary alicyclic amines) is 4. The van der Waals surface area contributed by atoms with Gasteiger partial charge in [0.1, 0.15) is 34.7 Å². The van der Waals surface area contributed by atoms with Crippen LogP contribution >= 0.6 is 0 Å². The summed E-state index contributed by atoms with van der Waals surface area (Å²) < 4.78 is 0. The summed E-state index contributed by atoms with van der Waals surface area (Å²) in [6, 6.07) is -2.26. The largest absolute Gasteiger partial charge is 0.394 e. The molecule has 7 aliphatic rings. The molecular formula is C34H56N8O9. The zero-order valence-electron chi connectivity index (χ0n) is 30.1. The molecule has 0 aromatic heterocycles. The Balaban J connectivity index is 0.000000150. The molecule has 7 rings (SSSR count). The number of carbonyl (C=O) groups is 6. The molecule has 8 atom stereocenters. The number of ketones is 1. The minimum atomic E-state index is -0.930. The number of nitrogens with zero attached hydrogens (tertiary/aromatic N) is 4. The van der Waals surface area contributed by atoms with Crippen molar-refractivity contribution in [2.45, 2.75) is 119 Å². The first kappa shape index (κ1) is 39.0. The normalized spacial score (nSPS) is 32.4. The van der Waals surface area contributed by atoms with Crippen LogP contribution in [0.5, 0.6) is 0 Å². The van der Waals surface area contributed by atoms with Gasteiger partial charge >= 0.3 is 0 Å². The molecule has 3 spiro atoms. The molecule has 7 saturated heterocycles. The molecule has 7 fully saturated rings. The average molecular weight is 721 g/mol. The number of amides is 5. The average Bonchev–Trinajstić information content (AvgIpc) is 3.92. The van der Waals surface area contributed by atoms with Gasteiger partial charge in [-0.3, -0.25) is 28.8 Å². The van der Waals surface area contributed by atoms with E-state index in [-0.39, 0.29) is 36.0 Å². The van der Waals surface area contributed by atoms with Crippen molar-refractivity contribution in [1.82, 2.24) is 35.6 Å². The third-order valence-electron chi connectivity index (χ3n) is 11.6. The number of primary amides is 1. The minimum Gasteiger partial charge on any atom is -0.394 e. The molecule has 0 aromatic carbocycles. The van der Waals surface area contributed by atoms with Crippen LogP contribution in [-0.4, -0.2) is 176 Å². The predicted octanol–water partition coefficient (Wildman–Crippen LogP) is -3.59. The first-order valence-corrected chi connectivity index (χ1v) is 18.4. The summed E-state index contributed by atoms with van der Waals surface area (Å²) in [5.41, 5.74) is 3.84. The Morgan fingerprint density at radius 2 is 1.10 bits per heavy atom. The number of β-lactam (4-membered cyclic amide) rings is 3. The molecule has 5 amide bonds. The fourth-order valence-electron chi connectivity index (χ4n) is 8.74. The summed E-state index contributed by atoms with van der Waals surface area (Å²) in [6.07, 6.45) is 5.72. The molecule has 17 nitrogen and oxygen atoms in total. The highest BCUT2D eigenvalue weighted by Gasteiger charge is 2.59. The molecular weight excluding hydrogens is 664 g/mol. The van der Waals surface area contributed by atoms with Crippen molar-refractivity contribution in [2.24, 2.45) is 5.73 Å². The molecule has 286 valence electrons. The highest BCUT2D eigenvalue weighted by Crippen LogP contribution is 2.36. The van der Waals surface area contributed by atoms with Crippen molar-refractivity contribution in [3.05, 3.63) is 0 Å². The highest BCUT2D eigenvalue weighted by atomic mass is 16.3. The third kappa shape index (κ3) is 7.25. The number of nitrogens with one attached hydrogen (secondary N) is 3. The van der Waals surface area contributed by atoms with E-state index in [1.165, 1.54) is 23.6 Å². The molecule has 17 heteroatoms. The van der Waals surface area contributed by atoms with Crippen LogP contribution in [0.4, 0.5) is 0 Å². The Morgan fingerprint density at radius 1 is 0.706 bits per heavy atom. The van der Waals surface area contributed by atoms with Crippen molar-refractivity contribution in [3.63, 3.8) is 0 Å². The summed E-state index contributed by atoms with van der Waals surface area (Å²) in [7, 11) is 0. The number of carbonyl (C=O) groups excluding carboxylic acids is 6. The van der Waals surface area contributed by atoms with Gasteiger partial charge in [0.2, 0.25) is 29.5 Å². The number of Topliss-reactive ketones (excluding diaryl/α,β-unsaturated/α-hetero) is 1. The predicted molar refractivity (Wildman–Crippen MR) is 183 cm³/mol. The molecule has 0 radical (unpaired) electrons. The number of aliphatic hydroxyl groups excluding tert-OH is 3. The van der Waals surface area contributed by atoms with Gasteiger partial charge in [0.15, 0.2) is 5.78 Å². The second-order valence-electron chi connectivity index (χ2n) is 15.3. The molecule has 7 heterocycles. The fourth-order valence-corrected chi connectivity index (χ4v) is 8.74. The third-order valence-corrected chi connectivity index (χ3v) is 11.6. The van der Waals surface area contributed by atoms with Crippen LogP contribution in [-0.2, 0) is 28.8 Å². The Bertz CT molecular complexity index is 1350. The lowest BCUT2D eigenvalue weighted by atomic mass is 9.84. The van der Waals surface area contributed by atoms with Gasteiger partial charge < -0.3 is 56.6 Å². The SMILES string of the molecule is CC(=O)C(CO)N1CC2(CCCN2)C1=O.CC(O)C(C(=O)N1CCCC1)N1CC2(CCCN2)C1=O.CC(O)C(C(N)=O)N1CC2(CCCN2)C1=O. The van der Waals surface area contributed by atoms with Crippen molar-refractivity contribution >= 4 is 35.3 Å². The highest BCUT2D eigenvalue weighted by molar-refractivity contribution is 5.99. The van der Waals surface area contributed by atoms with Gasteiger partial charge in [0, 0.05) is 32.7 Å². The smallest absolute Gasteiger partial charge is 0.248 e. The van der Waals surface area contributed by atoms with Crippen molar-refractivity contribution in [3.8, 4) is 0 Å². The maximum atomic E-state index is 12.5. The second-order valence-corrected chi connectivity index (χ2v) is 15.3. The molecule has 7 aliphatic heterocycles. The van der Waals surface area contributed by atoms with E-state index < -0.39 is 52.9 Å². The maximum Gasteiger partial charge on any atom is 0.248 e. The molecule has 8 unspecified atom stereocenters. The number of nitrogens with two attached hydrogens (primary N) is 1. The minimum absolute atomic E-state index is 0.0200. The van der Waals surface area contributed by atoms with Gasteiger partial charge in [-0.25, -0.2) is 0 Å². The Hall–Kier alpha value is -3.22. The van der Waals surface area contributed by atoms with Crippen LogP contribution in [0.1, 0.15) is 72.1 Å². The Morgan fingerprint density at radius 3 is 1.39 bits per heavy atom. The number of hydrogen-bond donors (Lipinski definition) is 7. The quantitative estimate of drug-likeness (QED) is 0.115. The zero-order valence-corrected chi connectivity index (χ0v) is 30.1. The van der Waals surface area contributed by atoms with Gasteiger partial charge in [-0.2, -0.15) is 0 Å². The number of rotatable bonds is 9. The van der Waals surface area contributed by atoms with Crippen LogP contribution < -0.4 is 21.7 Å². The lowest BCUT2D eigenvalue weighted by Crippen LogP contribution is -2.76. The first-order valence-electron chi connectivity index (χ1n) is 18.4. The monoisotopic (exact) mass is 720 g/mol. The maximum absolute atomic E-state index is 12.5. The zero-order chi connectivity index (χ0) is 37.3. The van der Waals surface area contributed by atoms with Gasteiger partial charge in [-0.05, 0) is 91.8 Å². The van der Waals surface area contributed by atoms with Gasteiger partial charge in [-0.1, -0.05) is 0 Å². The summed E-state index contributed by atoms with van der Waals surface area (Å²) in [6.45, 7) is 9.79. The topological polar surface area (TPSA) is 238 Å². The van der Waals surface area contributed by atoms with Crippen molar-refractivity contribution in [1.29, 1.82) is 0 Å². The standard InChI is InChI=1S/C14H23N3O3.C10H17N3O3.C10H16N2O3/c1-10(18)11(12(19)16-7-2-3-8-16)17-9-14(13(17)20)5-4-6-15-14;1-6(14)7(8(11)15)13-5-10(9(13)16)3-2-4-12-10;1-7(14)8(5-13)12-6-10(9(12)15)3-2-4-11-10/h10-11,15,18H,2-9H2,1H3;6-7,12,14H,2-5H2,1H3,(H2,11,15);8,11,13H,2-6H2,1H3. The van der Waals surface area contributed by atoms with E-state index in [2.05, 4.69) is 16.0 Å². The van der Waals surface area contributed by atoms with E-state index in [9.17, 15) is 39.0 Å². The van der Waals surface area contributed by atoms with Crippen LogP contribution in [0.2, 0.25) is 0 Å². The second kappa shape index (κ2) is 15.4. The summed E-state index contributed by atoms with van der Waals surface area (Å²) in [5.74, 6) is -1.08. The van der Waals surface area contributed by atoms with E-state index in [0.29, 0.717) is 19.6 Å². The number of hydrogen-bond acceptors (Lipinski definition) is 12. The van der Waals surface area contributed by atoms with Crippen molar-refractivity contribution < 1.29 is 44.1 Å².